The molecule has 0 fully saturated rings. The quantitative estimate of drug-likeness (QED) is 0.719. The van der Waals surface area contributed by atoms with Crippen LogP contribution in [0.15, 0.2) is 48.7 Å². The summed E-state index contributed by atoms with van der Waals surface area (Å²) in [6, 6.07) is 2.46. The van der Waals surface area contributed by atoms with Gasteiger partial charge in [-0.25, -0.2) is 0 Å². The van der Waals surface area contributed by atoms with Crippen LogP contribution in [-0.4, -0.2) is 4.98 Å². The summed E-state index contributed by atoms with van der Waals surface area (Å²) in [5, 5.41) is 0. The van der Waals surface area contributed by atoms with E-state index in [1.165, 1.54) is 6.07 Å². The maximum absolute atomic E-state index is 12.3. The number of pyridine rings is 1. The van der Waals surface area contributed by atoms with Gasteiger partial charge in [0.2, 0.25) is 0 Å². The van der Waals surface area contributed by atoms with Crippen LogP contribution in [0.25, 0.3) is 5.57 Å². The lowest BCUT2D eigenvalue weighted by Crippen LogP contribution is -2.05. The van der Waals surface area contributed by atoms with Crippen molar-refractivity contribution in [3.8, 4) is 0 Å². The van der Waals surface area contributed by atoms with Gasteiger partial charge in [-0.1, -0.05) is 30.4 Å². The van der Waals surface area contributed by atoms with Gasteiger partial charge in [0, 0.05) is 6.20 Å². The second-order valence-electron chi connectivity index (χ2n) is 3.64. The Kier molecular flexibility index (Phi) is 3.13. The molecule has 0 amide bonds. The maximum Gasteiger partial charge on any atom is 0.417 e. The summed E-state index contributed by atoms with van der Waals surface area (Å²) in [7, 11) is 0. The SMILES string of the molecule is FC(F)(F)c1ccc(C2=CC=CC=CC2)nc1. The average Bonchev–Trinajstić information content (AvgIpc) is 2.56. The van der Waals surface area contributed by atoms with E-state index in [1.54, 1.807) is 0 Å². The van der Waals surface area contributed by atoms with Crippen molar-refractivity contribution in [2.75, 3.05) is 0 Å². The lowest BCUT2D eigenvalue weighted by molar-refractivity contribution is -0.137. The highest BCUT2D eigenvalue weighted by Crippen LogP contribution is 2.29. The molecule has 0 bridgehead atoms. The van der Waals surface area contributed by atoms with Crippen LogP contribution in [0.1, 0.15) is 17.7 Å². The second-order valence-corrected chi connectivity index (χ2v) is 3.64. The maximum atomic E-state index is 12.3. The van der Waals surface area contributed by atoms with Crippen molar-refractivity contribution >= 4 is 5.57 Å². The third kappa shape index (κ3) is 2.84. The zero-order chi connectivity index (χ0) is 12.3. The Morgan fingerprint density at radius 2 is 1.88 bits per heavy atom. The third-order valence-corrected chi connectivity index (χ3v) is 2.41. The molecule has 17 heavy (non-hydrogen) atoms. The van der Waals surface area contributed by atoms with Gasteiger partial charge in [-0.2, -0.15) is 13.2 Å². The molecule has 0 atom stereocenters. The molecular formula is C13H10F3N. The summed E-state index contributed by atoms with van der Waals surface area (Å²) < 4.78 is 37.0. The van der Waals surface area contributed by atoms with E-state index in [4.69, 9.17) is 0 Å². The van der Waals surface area contributed by atoms with Crippen molar-refractivity contribution in [1.29, 1.82) is 0 Å². The Morgan fingerprint density at radius 3 is 2.53 bits per heavy atom. The molecule has 0 saturated carbocycles. The van der Waals surface area contributed by atoms with E-state index >= 15 is 0 Å². The fourth-order valence-electron chi connectivity index (χ4n) is 1.52. The molecule has 1 aliphatic rings. The Labute approximate surface area is 97.0 Å². The molecule has 1 aromatic heterocycles. The molecule has 88 valence electrons. The summed E-state index contributed by atoms with van der Waals surface area (Å²) >= 11 is 0. The summed E-state index contributed by atoms with van der Waals surface area (Å²) in [4.78, 5) is 3.85. The molecule has 0 N–H and O–H groups in total. The van der Waals surface area contributed by atoms with E-state index in [9.17, 15) is 13.2 Å². The highest BCUT2D eigenvalue weighted by Gasteiger charge is 2.30. The van der Waals surface area contributed by atoms with Crippen molar-refractivity contribution in [2.24, 2.45) is 0 Å². The monoisotopic (exact) mass is 237 g/mol. The normalized spacial score (nSPS) is 15.6. The number of hydrogen-bond donors (Lipinski definition) is 0. The number of aromatic nitrogens is 1. The van der Waals surface area contributed by atoms with Gasteiger partial charge in [0.1, 0.15) is 0 Å². The van der Waals surface area contributed by atoms with Crippen LogP contribution in [0.5, 0.6) is 0 Å². The van der Waals surface area contributed by atoms with E-state index in [2.05, 4.69) is 4.98 Å². The molecular weight excluding hydrogens is 227 g/mol. The molecule has 1 nitrogen and oxygen atoms in total. The summed E-state index contributed by atoms with van der Waals surface area (Å²) in [6.45, 7) is 0. The third-order valence-electron chi connectivity index (χ3n) is 2.41. The van der Waals surface area contributed by atoms with Crippen LogP contribution >= 0.6 is 0 Å². The molecule has 0 aliphatic heterocycles. The molecule has 2 rings (SSSR count). The first-order valence-corrected chi connectivity index (χ1v) is 5.13. The highest BCUT2D eigenvalue weighted by atomic mass is 19.4. The fraction of sp³-hybridized carbons (Fsp3) is 0.154. The average molecular weight is 237 g/mol. The predicted molar refractivity (Wildman–Crippen MR) is 60.1 cm³/mol. The van der Waals surface area contributed by atoms with Gasteiger partial charge < -0.3 is 0 Å². The van der Waals surface area contributed by atoms with E-state index in [0.717, 1.165) is 17.8 Å². The lowest BCUT2D eigenvalue weighted by Gasteiger charge is -2.07. The van der Waals surface area contributed by atoms with Crippen molar-refractivity contribution in [1.82, 2.24) is 4.98 Å². The molecule has 1 heterocycles. The number of rotatable bonds is 1. The van der Waals surface area contributed by atoms with Crippen LogP contribution in [0.4, 0.5) is 13.2 Å². The van der Waals surface area contributed by atoms with E-state index < -0.39 is 11.7 Å². The summed E-state index contributed by atoms with van der Waals surface area (Å²) in [5.74, 6) is 0. The van der Waals surface area contributed by atoms with Crippen LogP contribution in [0.3, 0.4) is 0 Å². The molecule has 0 aromatic carbocycles. The van der Waals surface area contributed by atoms with E-state index in [0.29, 0.717) is 12.1 Å². The van der Waals surface area contributed by atoms with Gasteiger partial charge in [0.05, 0.1) is 11.3 Å². The predicted octanol–water partition coefficient (Wildman–Crippen LogP) is 4.00. The van der Waals surface area contributed by atoms with Gasteiger partial charge in [-0.15, -0.1) is 0 Å². The van der Waals surface area contributed by atoms with Gasteiger partial charge in [0.25, 0.3) is 0 Å². The Hall–Kier alpha value is -1.84. The van der Waals surface area contributed by atoms with Gasteiger partial charge in [-0.05, 0) is 24.1 Å². The van der Waals surface area contributed by atoms with Crippen molar-refractivity contribution in [2.45, 2.75) is 12.6 Å². The second kappa shape index (κ2) is 4.57. The molecule has 0 saturated heterocycles. The standard InChI is InChI=1S/C13H10F3N/c14-13(15,16)11-7-8-12(17-9-11)10-5-3-1-2-4-6-10/h1-5,7-9H,6H2. The minimum absolute atomic E-state index is 0.578. The van der Waals surface area contributed by atoms with Crippen LogP contribution in [0, 0.1) is 0 Å². The zero-order valence-electron chi connectivity index (χ0n) is 8.91. The van der Waals surface area contributed by atoms with Crippen LogP contribution < -0.4 is 0 Å². The molecule has 4 heteroatoms. The van der Waals surface area contributed by atoms with Gasteiger partial charge in [-0.3, -0.25) is 4.98 Å². The number of hydrogen-bond acceptors (Lipinski definition) is 1. The molecule has 0 unspecified atom stereocenters. The molecule has 1 aromatic rings. The van der Waals surface area contributed by atoms with Crippen LogP contribution in [0.2, 0.25) is 0 Å². The van der Waals surface area contributed by atoms with E-state index in [1.807, 2.05) is 30.4 Å². The zero-order valence-corrected chi connectivity index (χ0v) is 8.91. The number of alkyl halides is 3. The Bertz CT molecular complexity index is 478. The first-order valence-electron chi connectivity index (χ1n) is 5.13. The van der Waals surface area contributed by atoms with Crippen LogP contribution in [-0.2, 0) is 6.18 Å². The first kappa shape index (κ1) is 11.6. The Balaban J connectivity index is 2.27. The van der Waals surface area contributed by atoms with Crippen molar-refractivity contribution < 1.29 is 13.2 Å². The summed E-state index contributed by atoms with van der Waals surface area (Å²) in [6.07, 6.45) is 6.62. The minimum Gasteiger partial charge on any atom is -0.256 e. The molecule has 0 spiro atoms. The molecule has 1 aliphatic carbocycles. The largest absolute Gasteiger partial charge is 0.417 e. The van der Waals surface area contributed by atoms with Gasteiger partial charge in [0.15, 0.2) is 0 Å². The smallest absolute Gasteiger partial charge is 0.256 e. The summed E-state index contributed by atoms with van der Waals surface area (Å²) in [5.41, 5.74) is 0.763. The first-order chi connectivity index (χ1) is 8.07. The molecule has 0 radical (unpaired) electrons. The topological polar surface area (TPSA) is 12.9 Å². The van der Waals surface area contributed by atoms with Crippen molar-refractivity contribution in [3.63, 3.8) is 0 Å². The Morgan fingerprint density at radius 1 is 1.06 bits per heavy atom. The number of allylic oxidation sites excluding steroid dienone is 6. The van der Waals surface area contributed by atoms with Gasteiger partial charge >= 0.3 is 6.18 Å². The fourth-order valence-corrected chi connectivity index (χ4v) is 1.52. The number of halogens is 3. The highest BCUT2D eigenvalue weighted by molar-refractivity contribution is 5.66. The lowest BCUT2D eigenvalue weighted by atomic mass is 10.1. The minimum atomic E-state index is -4.33. The van der Waals surface area contributed by atoms with E-state index in [-0.39, 0.29) is 0 Å². The van der Waals surface area contributed by atoms with Crippen molar-refractivity contribution in [3.05, 3.63) is 60.0 Å². The number of nitrogens with zero attached hydrogens (tertiary/aromatic N) is 1.